The van der Waals surface area contributed by atoms with Gasteiger partial charge in [0.05, 0.1) is 5.69 Å². The second kappa shape index (κ2) is 5.68. The molecule has 0 aliphatic carbocycles. The smallest absolute Gasteiger partial charge is 0.330 e. The summed E-state index contributed by atoms with van der Waals surface area (Å²) in [6, 6.07) is 9.51. The van der Waals surface area contributed by atoms with E-state index in [1.54, 1.807) is 7.05 Å². The summed E-state index contributed by atoms with van der Waals surface area (Å²) in [6.07, 6.45) is 0.646. The van der Waals surface area contributed by atoms with Crippen LogP contribution in [0, 0.1) is 0 Å². The van der Waals surface area contributed by atoms with Gasteiger partial charge < -0.3 is 5.73 Å². The maximum absolute atomic E-state index is 12.4. The highest BCUT2D eigenvalue weighted by Crippen LogP contribution is 2.21. The fourth-order valence-corrected chi connectivity index (χ4v) is 2.65. The van der Waals surface area contributed by atoms with Crippen molar-refractivity contribution in [3.05, 3.63) is 46.5 Å². The number of primary amides is 1. The van der Waals surface area contributed by atoms with E-state index >= 15 is 0 Å². The predicted molar refractivity (Wildman–Crippen MR) is 86.8 cm³/mol. The Balaban J connectivity index is 2.35. The van der Waals surface area contributed by atoms with Crippen LogP contribution in [0.25, 0.3) is 22.6 Å². The lowest BCUT2D eigenvalue weighted by Gasteiger charge is -2.06. The molecule has 0 aliphatic rings. The van der Waals surface area contributed by atoms with Crippen molar-refractivity contribution in [3.8, 4) is 11.4 Å². The van der Waals surface area contributed by atoms with Gasteiger partial charge in [0, 0.05) is 12.6 Å². The quantitative estimate of drug-likeness (QED) is 0.772. The van der Waals surface area contributed by atoms with Gasteiger partial charge in [-0.1, -0.05) is 37.3 Å². The van der Waals surface area contributed by atoms with Crippen molar-refractivity contribution in [3.63, 3.8) is 0 Å². The summed E-state index contributed by atoms with van der Waals surface area (Å²) >= 11 is 0. The molecule has 2 aromatic heterocycles. The summed E-state index contributed by atoms with van der Waals surface area (Å²) in [5, 5.41) is 0. The Morgan fingerprint density at radius 3 is 2.52 bits per heavy atom. The van der Waals surface area contributed by atoms with Crippen LogP contribution in [-0.2, 0) is 24.8 Å². The summed E-state index contributed by atoms with van der Waals surface area (Å²) < 4.78 is 2.76. The van der Waals surface area contributed by atoms with Crippen molar-refractivity contribution in [2.24, 2.45) is 12.8 Å². The van der Waals surface area contributed by atoms with E-state index < -0.39 is 5.91 Å². The summed E-state index contributed by atoms with van der Waals surface area (Å²) in [5.41, 5.74) is 7.62. The third-order valence-electron chi connectivity index (χ3n) is 3.73. The minimum absolute atomic E-state index is 0.204. The molecule has 0 fully saturated rings. The zero-order chi connectivity index (χ0) is 16.6. The second-order valence-corrected chi connectivity index (χ2v) is 5.28. The molecule has 1 amide bonds. The summed E-state index contributed by atoms with van der Waals surface area (Å²) in [6.45, 7) is 1.76. The first-order chi connectivity index (χ1) is 11.0. The number of rotatable bonds is 4. The number of hydrogen-bond acceptors (Lipinski definition) is 4. The molecule has 7 nitrogen and oxygen atoms in total. The van der Waals surface area contributed by atoms with E-state index in [1.165, 1.54) is 9.13 Å². The van der Waals surface area contributed by atoms with Crippen molar-refractivity contribution in [2.75, 3.05) is 0 Å². The molecule has 2 heterocycles. The molecule has 0 spiro atoms. The summed E-state index contributed by atoms with van der Waals surface area (Å²) in [7, 11) is 1.65. The monoisotopic (exact) mass is 311 g/mol. The Hall–Kier alpha value is -2.96. The molecule has 0 bridgehead atoms. The molecule has 0 atom stereocenters. The van der Waals surface area contributed by atoms with Gasteiger partial charge >= 0.3 is 5.69 Å². The van der Waals surface area contributed by atoms with E-state index in [1.807, 2.05) is 37.3 Å². The number of amides is 1. The van der Waals surface area contributed by atoms with Crippen LogP contribution in [0.2, 0.25) is 0 Å². The van der Waals surface area contributed by atoms with Crippen LogP contribution in [0.15, 0.2) is 35.1 Å². The number of hydrogen-bond donors (Lipinski definition) is 1. The van der Waals surface area contributed by atoms with Crippen molar-refractivity contribution in [1.82, 2.24) is 19.1 Å². The lowest BCUT2D eigenvalue weighted by Crippen LogP contribution is -2.28. The van der Waals surface area contributed by atoms with Crippen molar-refractivity contribution >= 4 is 17.1 Å². The van der Waals surface area contributed by atoms with Gasteiger partial charge in [0.1, 0.15) is 12.1 Å². The van der Waals surface area contributed by atoms with Crippen molar-refractivity contribution < 1.29 is 4.79 Å². The van der Waals surface area contributed by atoms with E-state index in [0.717, 1.165) is 11.3 Å². The van der Waals surface area contributed by atoms with Gasteiger partial charge in [0.25, 0.3) is 0 Å². The first-order valence-corrected chi connectivity index (χ1v) is 7.32. The lowest BCUT2D eigenvalue weighted by molar-refractivity contribution is -0.118. The molecule has 0 unspecified atom stereocenters. The summed E-state index contributed by atoms with van der Waals surface area (Å²) in [4.78, 5) is 32.8. The Kier molecular flexibility index (Phi) is 3.69. The average Bonchev–Trinajstić information content (AvgIpc) is 2.79. The molecule has 118 valence electrons. The highest BCUT2D eigenvalue weighted by atomic mass is 16.2. The van der Waals surface area contributed by atoms with Gasteiger partial charge in [-0.15, -0.1) is 0 Å². The van der Waals surface area contributed by atoms with Gasteiger partial charge in [-0.2, -0.15) is 0 Å². The molecule has 3 rings (SSSR count). The van der Waals surface area contributed by atoms with E-state index in [9.17, 15) is 9.59 Å². The average molecular weight is 311 g/mol. The topological polar surface area (TPSA) is 95.8 Å². The fraction of sp³-hybridized carbons (Fsp3) is 0.250. The van der Waals surface area contributed by atoms with Crippen molar-refractivity contribution in [1.29, 1.82) is 0 Å². The minimum atomic E-state index is -0.586. The van der Waals surface area contributed by atoms with Crippen molar-refractivity contribution in [2.45, 2.75) is 19.9 Å². The number of nitrogens with zero attached hydrogens (tertiary/aromatic N) is 4. The number of fused-ring (bicyclic) bond motifs is 1. The Morgan fingerprint density at radius 1 is 1.22 bits per heavy atom. The molecule has 0 aliphatic heterocycles. The maximum Gasteiger partial charge on any atom is 0.330 e. The molecular weight excluding hydrogens is 294 g/mol. The Labute approximate surface area is 132 Å². The van der Waals surface area contributed by atoms with Gasteiger partial charge in [0.2, 0.25) is 5.91 Å². The molecule has 0 radical (unpaired) electrons. The number of aryl methyl sites for hydroxylation is 2. The standard InChI is InChI=1S/C16H17N5O2/c1-3-11-13-15(21(9-12(17)22)16(23)20(13)2)19-14(18-11)10-7-5-4-6-8-10/h4-8H,3,9H2,1-2H3,(H2,17,22). The normalized spacial score (nSPS) is 11.0. The molecule has 7 heteroatoms. The number of imidazole rings is 1. The van der Waals surface area contributed by atoms with E-state index in [4.69, 9.17) is 5.73 Å². The SMILES string of the molecule is CCc1nc(-c2ccccc2)nc2c1n(C)c(=O)n2CC(N)=O. The van der Waals surface area contributed by atoms with E-state index in [2.05, 4.69) is 9.97 Å². The maximum atomic E-state index is 12.4. The fourth-order valence-electron chi connectivity index (χ4n) is 2.65. The van der Waals surface area contributed by atoms with Gasteiger partial charge in [-0.25, -0.2) is 14.8 Å². The predicted octanol–water partition coefficient (Wildman–Crippen LogP) is 0.845. The van der Waals surface area contributed by atoms with E-state index in [-0.39, 0.29) is 12.2 Å². The Bertz CT molecular complexity index is 940. The molecule has 3 aromatic rings. The molecule has 23 heavy (non-hydrogen) atoms. The van der Waals surface area contributed by atoms with Crippen LogP contribution in [0.4, 0.5) is 0 Å². The first kappa shape index (κ1) is 15.0. The van der Waals surface area contributed by atoms with Crippen LogP contribution in [0.1, 0.15) is 12.6 Å². The van der Waals surface area contributed by atoms with Crippen LogP contribution < -0.4 is 11.4 Å². The van der Waals surface area contributed by atoms with Crippen LogP contribution in [0.3, 0.4) is 0 Å². The third kappa shape index (κ3) is 2.50. The van der Waals surface area contributed by atoms with Crippen LogP contribution in [0.5, 0.6) is 0 Å². The van der Waals surface area contributed by atoms with Crippen LogP contribution >= 0.6 is 0 Å². The zero-order valence-corrected chi connectivity index (χ0v) is 13.0. The lowest BCUT2D eigenvalue weighted by atomic mass is 10.2. The number of benzene rings is 1. The highest BCUT2D eigenvalue weighted by molar-refractivity contribution is 5.80. The molecule has 0 saturated heterocycles. The van der Waals surface area contributed by atoms with Gasteiger partial charge in [-0.3, -0.25) is 13.9 Å². The summed E-state index contributed by atoms with van der Waals surface area (Å²) in [5.74, 6) is -0.0590. The highest BCUT2D eigenvalue weighted by Gasteiger charge is 2.19. The zero-order valence-electron chi connectivity index (χ0n) is 13.0. The largest absolute Gasteiger partial charge is 0.368 e. The first-order valence-electron chi connectivity index (χ1n) is 7.32. The Morgan fingerprint density at radius 2 is 1.91 bits per heavy atom. The number of nitrogens with two attached hydrogens (primary N) is 1. The minimum Gasteiger partial charge on any atom is -0.368 e. The van der Waals surface area contributed by atoms with Gasteiger partial charge in [-0.05, 0) is 6.42 Å². The molecule has 1 aromatic carbocycles. The second-order valence-electron chi connectivity index (χ2n) is 5.28. The third-order valence-corrected chi connectivity index (χ3v) is 3.73. The number of carbonyl (C=O) groups excluding carboxylic acids is 1. The molecule has 2 N–H and O–H groups in total. The molecule has 0 saturated carbocycles. The van der Waals surface area contributed by atoms with Crippen LogP contribution in [-0.4, -0.2) is 25.0 Å². The van der Waals surface area contributed by atoms with E-state index in [0.29, 0.717) is 23.4 Å². The number of carbonyl (C=O) groups is 1. The van der Waals surface area contributed by atoms with Gasteiger partial charge in [0.15, 0.2) is 11.5 Å². The molecular formula is C16H17N5O2. The number of aromatic nitrogens is 4.